The Labute approximate surface area is 174 Å². The minimum atomic E-state index is -1.74. The summed E-state index contributed by atoms with van der Waals surface area (Å²) in [5, 5.41) is 0. The molecule has 3 aliphatic rings. The first-order chi connectivity index (χ1) is 14.2. The molecule has 1 aromatic rings. The van der Waals surface area contributed by atoms with Crippen molar-refractivity contribution < 1.29 is 23.9 Å². The minimum Gasteiger partial charge on any atom is -0.465 e. The van der Waals surface area contributed by atoms with Crippen LogP contribution in [0.25, 0.3) is 0 Å². The van der Waals surface area contributed by atoms with Crippen LogP contribution in [0.15, 0.2) is 47.1 Å². The molecule has 0 bridgehead atoms. The number of para-hydroxylation sites is 1. The number of esters is 1. The van der Waals surface area contributed by atoms with Gasteiger partial charge in [0.2, 0.25) is 11.8 Å². The molecule has 1 aliphatic carbocycles. The van der Waals surface area contributed by atoms with Gasteiger partial charge in [-0.1, -0.05) is 38.0 Å². The summed E-state index contributed by atoms with van der Waals surface area (Å²) in [7, 11) is 1.19. The third-order valence-electron chi connectivity index (χ3n) is 5.87. The highest BCUT2D eigenvalue weighted by atomic mass is 16.5. The molecule has 7 nitrogen and oxygen atoms in total. The second-order valence-corrected chi connectivity index (χ2v) is 8.43. The fourth-order valence-electron chi connectivity index (χ4n) is 4.80. The van der Waals surface area contributed by atoms with Gasteiger partial charge < -0.3 is 15.2 Å². The maximum absolute atomic E-state index is 14.0. The van der Waals surface area contributed by atoms with Gasteiger partial charge in [0.1, 0.15) is 16.7 Å². The highest BCUT2D eigenvalue weighted by Crippen LogP contribution is 2.57. The normalized spacial score (nSPS) is 24.4. The molecular formula is C23H22N2O5. The quantitative estimate of drug-likeness (QED) is 0.595. The Balaban J connectivity index is 2.12. The van der Waals surface area contributed by atoms with Crippen LogP contribution in [-0.2, 0) is 29.3 Å². The molecule has 0 radical (unpaired) electrons. The van der Waals surface area contributed by atoms with Crippen LogP contribution >= 0.6 is 0 Å². The van der Waals surface area contributed by atoms with Crippen LogP contribution in [-0.4, -0.2) is 31.3 Å². The summed E-state index contributed by atoms with van der Waals surface area (Å²) in [5.41, 5.74) is 5.03. The summed E-state index contributed by atoms with van der Waals surface area (Å²) in [6.07, 6.45) is 6.12. The van der Waals surface area contributed by atoms with Crippen molar-refractivity contribution in [3.8, 4) is 12.3 Å². The van der Waals surface area contributed by atoms with E-state index in [0.717, 1.165) is 0 Å². The van der Waals surface area contributed by atoms with Gasteiger partial charge in [0.15, 0.2) is 5.78 Å². The second-order valence-electron chi connectivity index (χ2n) is 8.43. The van der Waals surface area contributed by atoms with Gasteiger partial charge in [0.05, 0.1) is 19.2 Å². The van der Waals surface area contributed by atoms with Crippen LogP contribution in [0, 0.1) is 17.8 Å². The Morgan fingerprint density at radius 2 is 2.00 bits per heavy atom. The van der Waals surface area contributed by atoms with E-state index in [9.17, 15) is 14.4 Å². The standard InChI is InChI=1S/C23H22N2O5/c1-5-10-25-14-9-7-6-8-13(14)23(21(25)28)17-15(26)11-22(2,3)12-16(17)30-19(24)18(23)20(27)29-4/h1,6-9H,10-12,24H2,2-4H3. The van der Waals surface area contributed by atoms with E-state index in [0.29, 0.717) is 23.4 Å². The Hall–Kier alpha value is -3.53. The van der Waals surface area contributed by atoms with E-state index in [1.807, 2.05) is 13.8 Å². The number of ketones is 1. The van der Waals surface area contributed by atoms with E-state index in [4.69, 9.17) is 21.6 Å². The largest absolute Gasteiger partial charge is 0.465 e. The van der Waals surface area contributed by atoms with Crippen LogP contribution in [0.3, 0.4) is 0 Å². The molecule has 0 fully saturated rings. The Kier molecular flexibility index (Phi) is 4.28. The predicted octanol–water partition coefficient (Wildman–Crippen LogP) is 1.92. The molecule has 0 saturated heterocycles. The molecule has 2 N–H and O–H groups in total. The summed E-state index contributed by atoms with van der Waals surface area (Å²) in [4.78, 5) is 41.7. The number of fused-ring (bicyclic) bond motifs is 3. The average Bonchev–Trinajstić information content (AvgIpc) is 2.90. The molecule has 154 valence electrons. The number of ether oxygens (including phenoxy) is 2. The van der Waals surface area contributed by atoms with Crippen molar-refractivity contribution in [2.75, 3.05) is 18.6 Å². The van der Waals surface area contributed by atoms with Crippen molar-refractivity contribution >= 4 is 23.3 Å². The maximum atomic E-state index is 14.0. The van der Waals surface area contributed by atoms with Crippen molar-refractivity contribution in [1.82, 2.24) is 0 Å². The predicted molar refractivity (Wildman–Crippen MR) is 109 cm³/mol. The second kappa shape index (κ2) is 6.49. The molecule has 0 saturated carbocycles. The van der Waals surface area contributed by atoms with Gasteiger partial charge in [-0.2, -0.15) is 0 Å². The number of carbonyl (C=O) groups excluding carboxylic acids is 3. The highest BCUT2D eigenvalue weighted by molar-refractivity contribution is 6.23. The molecule has 1 amide bonds. The van der Waals surface area contributed by atoms with Crippen LogP contribution in [0.5, 0.6) is 0 Å². The molecule has 4 rings (SSSR count). The molecule has 1 unspecified atom stereocenters. The van der Waals surface area contributed by atoms with Crippen molar-refractivity contribution in [3.05, 3.63) is 52.6 Å². The van der Waals surface area contributed by atoms with Crippen LogP contribution in [0.2, 0.25) is 0 Å². The Morgan fingerprint density at radius 3 is 2.67 bits per heavy atom. The number of terminal acetylenes is 1. The zero-order valence-corrected chi connectivity index (χ0v) is 17.1. The number of amides is 1. The van der Waals surface area contributed by atoms with Crippen molar-refractivity contribution in [1.29, 1.82) is 0 Å². The molecule has 7 heteroatoms. The third-order valence-corrected chi connectivity index (χ3v) is 5.87. The Bertz CT molecular complexity index is 1100. The number of Topliss-reactive ketones (excluding diaryl/α,β-unsaturated/α-hetero) is 1. The number of anilines is 1. The number of carbonyl (C=O) groups is 3. The highest BCUT2D eigenvalue weighted by Gasteiger charge is 2.64. The van der Waals surface area contributed by atoms with Crippen LogP contribution in [0.1, 0.15) is 32.3 Å². The van der Waals surface area contributed by atoms with E-state index in [1.54, 1.807) is 24.3 Å². The van der Waals surface area contributed by atoms with Gasteiger partial charge in [-0.05, 0) is 11.5 Å². The molecule has 1 aromatic carbocycles. The lowest BCUT2D eigenvalue weighted by molar-refractivity contribution is -0.139. The number of rotatable bonds is 2. The Morgan fingerprint density at radius 1 is 1.30 bits per heavy atom. The van der Waals surface area contributed by atoms with Crippen LogP contribution < -0.4 is 10.6 Å². The third kappa shape index (κ3) is 2.43. The minimum absolute atomic E-state index is 0.0187. The number of methoxy groups -OCH3 is 1. The van der Waals surface area contributed by atoms with Gasteiger partial charge in [0, 0.05) is 24.1 Å². The summed E-state index contributed by atoms with van der Waals surface area (Å²) in [6, 6.07) is 6.95. The summed E-state index contributed by atoms with van der Waals surface area (Å²) in [5.74, 6) is 0.951. The first kappa shape index (κ1) is 19.8. The summed E-state index contributed by atoms with van der Waals surface area (Å²) in [6.45, 7) is 3.86. The maximum Gasteiger partial charge on any atom is 0.340 e. The molecule has 2 heterocycles. The summed E-state index contributed by atoms with van der Waals surface area (Å²) < 4.78 is 10.7. The zero-order chi connectivity index (χ0) is 21.8. The van der Waals surface area contributed by atoms with E-state index >= 15 is 0 Å². The van der Waals surface area contributed by atoms with Gasteiger partial charge in [0.25, 0.3) is 0 Å². The fourth-order valence-corrected chi connectivity index (χ4v) is 4.80. The van der Waals surface area contributed by atoms with Crippen molar-refractivity contribution in [2.45, 2.75) is 32.1 Å². The van der Waals surface area contributed by atoms with E-state index in [1.165, 1.54) is 12.0 Å². The first-order valence-corrected chi connectivity index (χ1v) is 9.57. The molecule has 2 aliphatic heterocycles. The number of allylic oxidation sites excluding steroid dienone is 1. The van der Waals surface area contributed by atoms with Crippen LogP contribution in [0.4, 0.5) is 5.69 Å². The number of hydrogen-bond donors (Lipinski definition) is 1. The van der Waals surface area contributed by atoms with Gasteiger partial charge in [-0.15, -0.1) is 6.42 Å². The van der Waals surface area contributed by atoms with Crippen molar-refractivity contribution in [3.63, 3.8) is 0 Å². The lowest BCUT2D eigenvalue weighted by Crippen LogP contribution is -2.52. The average molecular weight is 406 g/mol. The fraction of sp³-hybridized carbons (Fsp3) is 0.348. The summed E-state index contributed by atoms with van der Waals surface area (Å²) >= 11 is 0. The topological polar surface area (TPSA) is 98.9 Å². The van der Waals surface area contributed by atoms with E-state index < -0.39 is 17.3 Å². The molecule has 30 heavy (non-hydrogen) atoms. The molecular weight excluding hydrogens is 384 g/mol. The SMILES string of the molecule is C#CCN1C(=O)C2(C(C(=O)OC)=C(N)OC3=C2C(=O)CC(C)(C)C3)c2ccccc21. The number of benzene rings is 1. The molecule has 1 atom stereocenters. The van der Waals surface area contributed by atoms with Gasteiger partial charge >= 0.3 is 5.97 Å². The smallest absolute Gasteiger partial charge is 0.340 e. The zero-order valence-electron chi connectivity index (χ0n) is 17.1. The number of nitrogens with zero attached hydrogens (tertiary/aromatic N) is 1. The van der Waals surface area contributed by atoms with E-state index in [-0.39, 0.29) is 41.2 Å². The monoisotopic (exact) mass is 406 g/mol. The lowest BCUT2D eigenvalue weighted by atomic mass is 9.62. The lowest BCUT2D eigenvalue weighted by Gasteiger charge is -2.42. The molecule has 1 spiro atoms. The first-order valence-electron chi connectivity index (χ1n) is 9.57. The van der Waals surface area contributed by atoms with Crippen molar-refractivity contribution in [2.24, 2.45) is 11.1 Å². The number of nitrogens with two attached hydrogens (primary N) is 1. The number of hydrogen-bond acceptors (Lipinski definition) is 6. The van der Waals surface area contributed by atoms with Gasteiger partial charge in [-0.3, -0.25) is 14.5 Å². The van der Waals surface area contributed by atoms with Gasteiger partial charge in [-0.25, -0.2) is 4.79 Å². The molecule has 0 aromatic heterocycles. The van der Waals surface area contributed by atoms with E-state index in [2.05, 4.69) is 5.92 Å².